The first-order valence-electron chi connectivity index (χ1n) is 6.79. The van der Waals surface area contributed by atoms with E-state index in [4.69, 9.17) is 5.73 Å². The molecule has 0 aliphatic heterocycles. The van der Waals surface area contributed by atoms with Gasteiger partial charge in [-0.15, -0.1) is 5.10 Å². The summed E-state index contributed by atoms with van der Waals surface area (Å²) in [6, 6.07) is 5.36. The Balaban J connectivity index is 1.93. The summed E-state index contributed by atoms with van der Waals surface area (Å²) in [6.07, 6.45) is 3.08. The molecule has 1 amide bonds. The second-order valence-corrected chi connectivity index (χ2v) is 5.12. The van der Waals surface area contributed by atoms with Gasteiger partial charge >= 0.3 is 0 Å². The number of rotatable bonds is 3. The number of hydrogen-bond donors (Lipinski definition) is 2. The first kappa shape index (κ1) is 13.9. The van der Waals surface area contributed by atoms with Gasteiger partial charge in [-0.3, -0.25) is 9.89 Å². The van der Waals surface area contributed by atoms with Crippen molar-refractivity contribution in [3.05, 3.63) is 41.7 Å². The molecule has 8 nitrogen and oxygen atoms in total. The van der Waals surface area contributed by atoms with Gasteiger partial charge in [0.15, 0.2) is 0 Å². The van der Waals surface area contributed by atoms with Crippen LogP contribution < -0.4 is 5.73 Å². The maximum absolute atomic E-state index is 12.2. The third kappa shape index (κ3) is 2.46. The molecule has 0 radical (unpaired) electrons. The van der Waals surface area contributed by atoms with Gasteiger partial charge in [0.2, 0.25) is 0 Å². The molecule has 0 fully saturated rings. The number of fused-ring (bicyclic) bond motifs is 1. The second kappa shape index (κ2) is 5.40. The van der Waals surface area contributed by atoms with E-state index < -0.39 is 5.91 Å². The van der Waals surface area contributed by atoms with Crippen LogP contribution in [0.3, 0.4) is 0 Å². The van der Waals surface area contributed by atoms with Crippen molar-refractivity contribution in [3.63, 3.8) is 0 Å². The van der Waals surface area contributed by atoms with E-state index in [9.17, 15) is 4.79 Å². The van der Waals surface area contributed by atoms with E-state index in [1.165, 1.54) is 6.20 Å². The van der Waals surface area contributed by atoms with Crippen LogP contribution in [0.25, 0.3) is 11.0 Å². The van der Waals surface area contributed by atoms with E-state index in [1.807, 2.05) is 19.9 Å². The Kier molecular flexibility index (Phi) is 3.42. The Bertz CT molecular complexity index is 845. The Labute approximate surface area is 126 Å². The molecular weight excluding hydrogens is 282 g/mol. The van der Waals surface area contributed by atoms with Gasteiger partial charge in [0.1, 0.15) is 11.4 Å². The number of carbonyl (C=O) groups is 1. The van der Waals surface area contributed by atoms with Crippen LogP contribution in [0.1, 0.15) is 35.8 Å². The van der Waals surface area contributed by atoms with Crippen LogP contribution in [0, 0.1) is 0 Å². The van der Waals surface area contributed by atoms with Gasteiger partial charge < -0.3 is 5.73 Å². The Hall–Kier alpha value is -3.03. The highest BCUT2D eigenvalue weighted by atomic mass is 16.1. The molecule has 0 aliphatic rings. The number of nitrogens with zero attached hydrogens (tertiary/aromatic N) is 5. The molecule has 0 atom stereocenters. The first-order chi connectivity index (χ1) is 10.6. The predicted molar refractivity (Wildman–Crippen MR) is 81.6 cm³/mol. The highest BCUT2D eigenvalue weighted by molar-refractivity contribution is 6.09. The average molecular weight is 297 g/mol. The van der Waals surface area contributed by atoms with Gasteiger partial charge in [0.25, 0.3) is 5.91 Å². The Morgan fingerprint density at radius 1 is 1.36 bits per heavy atom. The first-order valence-corrected chi connectivity index (χ1v) is 6.79. The van der Waals surface area contributed by atoms with Crippen molar-refractivity contribution in [3.8, 4) is 0 Å². The molecule has 8 heteroatoms. The minimum Gasteiger partial charge on any atom is -0.383 e. The van der Waals surface area contributed by atoms with E-state index in [2.05, 4.69) is 25.5 Å². The van der Waals surface area contributed by atoms with Crippen molar-refractivity contribution in [2.45, 2.75) is 19.9 Å². The Morgan fingerprint density at radius 2 is 2.18 bits per heavy atom. The van der Waals surface area contributed by atoms with Gasteiger partial charge in [0.05, 0.1) is 17.3 Å². The molecule has 0 bridgehead atoms. The van der Waals surface area contributed by atoms with Gasteiger partial charge in [-0.05, 0) is 32.0 Å². The van der Waals surface area contributed by atoms with Crippen LogP contribution in [0.2, 0.25) is 0 Å². The fourth-order valence-corrected chi connectivity index (χ4v) is 2.09. The molecule has 3 aromatic rings. The number of benzene rings is 1. The molecule has 112 valence electrons. The normalized spacial score (nSPS) is 12.2. The highest BCUT2D eigenvalue weighted by Crippen LogP contribution is 2.17. The van der Waals surface area contributed by atoms with E-state index in [-0.39, 0.29) is 11.9 Å². The topological polar surface area (TPSA) is 115 Å². The fraction of sp³-hybridized carbons (Fsp3) is 0.214. The van der Waals surface area contributed by atoms with E-state index in [0.717, 1.165) is 5.52 Å². The van der Waals surface area contributed by atoms with Crippen LogP contribution in [-0.2, 0) is 0 Å². The Morgan fingerprint density at radius 3 is 2.86 bits per heavy atom. The maximum atomic E-state index is 12.2. The lowest BCUT2D eigenvalue weighted by Gasteiger charge is -2.05. The molecule has 3 N–H and O–H groups in total. The van der Waals surface area contributed by atoms with Crippen LogP contribution in [0.5, 0.6) is 0 Å². The van der Waals surface area contributed by atoms with Crippen molar-refractivity contribution in [2.75, 3.05) is 0 Å². The van der Waals surface area contributed by atoms with Crippen LogP contribution >= 0.6 is 0 Å². The number of amidine groups is 1. The lowest BCUT2D eigenvalue weighted by Crippen LogP contribution is -2.15. The lowest BCUT2D eigenvalue weighted by atomic mass is 10.2. The van der Waals surface area contributed by atoms with Crippen molar-refractivity contribution in [2.24, 2.45) is 10.7 Å². The summed E-state index contributed by atoms with van der Waals surface area (Å²) < 4.78 is 1.80. The van der Waals surface area contributed by atoms with E-state index in [1.54, 1.807) is 23.0 Å². The van der Waals surface area contributed by atoms with Crippen LogP contribution in [0.15, 0.2) is 35.6 Å². The van der Waals surface area contributed by atoms with Gasteiger partial charge in [-0.1, -0.05) is 5.21 Å². The standard InChI is InChI=1S/C14H15N7O/c1-8(2)21-12-4-3-9(5-11(12)19-20-21)14(22)18-13(15)10-6-16-17-7-10/h3-8H,1-2H3,(H,16,17)(H2,15,18,22). The number of amides is 1. The van der Waals surface area contributed by atoms with Crippen molar-refractivity contribution >= 4 is 22.8 Å². The summed E-state index contributed by atoms with van der Waals surface area (Å²) in [7, 11) is 0. The van der Waals surface area contributed by atoms with Gasteiger partial charge in [0, 0.05) is 17.8 Å². The van der Waals surface area contributed by atoms with Crippen LogP contribution in [0.4, 0.5) is 0 Å². The number of H-pyrrole nitrogens is 1. The molecular formula is C14H15N7O. The number of carbonyl (C=O) groups excluding carboxylic acids is 1. The molecule has 2 heterocycles. The van der Waals surface area contributed by atoms with Crippen LogP contribution in [-0.4, -0.2) is 36.9 Å². The number of nitrogens with two attached hydrogens (primary N) is 1. The van der Waals surface area contributed by atoms with E-state index in [0.29, 0.717) is 16.6 Å². The molecule has 0 saturated carbocycles. The van der Waals surface area contributed by atoms with Crippen molar-refractivity contribution in [1.82, 2.24) is 25.2 Å². The summed E-state index contributed by atoms with van der Waals surface area (Å²) in [5.74, 6) is -0.315. The molecule has 0 saturated heterocycles. The lowest BCUT2D eigenvalue weighted by molar-refractivity contribution is 0.100. The molecule has 22 heavy (non-hydrogen) atoms. The zero-order chi connectivity index (χ0) is 15.7. The number of nitrogens with one attached hydrogen (secondary N) is 1. The summed E-state index contributed by atoms with van der Waals surface area (Å²) in [5.41, 5.74) is 8.28. The zero-order valence-electron chi connectivity index (χ0n) is 12.2. The van der Waals surface area contributed by atoms with Gasteiger partial charge in [-0.2, -0.15) is 10.1 Å². The molecule has 2 aromatic heterocycles. The fourth-order valence-electron chi connectivity index (χ4n) is 2.09. The number of aromatic nitrogens is 5. The number of aromatic amines is 1. The van der Waals surface area contributed by atoms with Crippen molar-refractivity contribution in [1.29, 1.82) is 0 Å². The summed E-state index contributed by atoms with van der Waals surface area (Å²) in [5, 5.41) is 14.5. The third-order valence-corrected chi connectivity index (χ3v) is 3.22. The molecule has 0 unspecified atom stereocenters. The average Bonchev–Trinajstić information content (AvgIpc) is 3.15. The smallest absolute Gasteiger partial charge is 0.279 e. The van der Waals surface area contributed by atoms with Crippen molar-refractivity contribution < 1.29 is 4.79 Å². The minimum atomic E-state index is -0.431. The molecule has 1 aromatic carbocycles. The monoisotopic (exact) mass is 297 g/mol. The third-order valence-electron chi connectivity index (χ3n) is 3.22. The minimum absolute atomic E-state index is 0.115. The SMILES string of the molecule is CC(C)n1nnc2cc(C(=O)N=C(N)c3cn[nH]c3)ccc21. The summed E-state index contributed by atoms with van der Waals surface area (Å²) >= 11 is 0. The number of aliphatic imine (C=N–C) groups is 1. The second-order valence-electron chi connectivity index (χ2n) is 5.12. The maximum Gasteiger partial charge on any atom is 0.279 e. The highest BCUT2D eigenvalue weighted by Gasteiger charge is 2.12. The largest absolute Gasteiger partial charge is 0.383 e. The quantitative estimate of drug-likeness (QED) is 0.558. The predicted octanol–water partition coefficient (Wildman–Crippen LogP) is 1.28. The molecule has 0 spiro atoms. The molecule has 0 aliphatic carbocycles. The summed E-state index contributed by atoms with van der Waals surface area (Å²) in [6.45, 7) is 4.03. The van der Waals surface area contributed by atoms with E-state index >= 15 is 0 Å². The molecule has 3 rings (SSSR count). The van der Waals surface area contributed by atoms with Gasteiger partial charge in [-0.25, -0.2) is 4.68 Å². The summed E-state index contributed by atoms with van der Waals surface area (Å²) in [4.78, 5) is 16.1. The zero-order valence-corrected chi connectivity index (χ0v) is 12.2. The number of hydrogen-bond acceptors (Lipinski definition) is 4.